The van der Waals surface area contributed by atoms with Gasteiger partial charge in [0.25, 0.3) is 0 Å². The number of hydrogen-bond acceptors (Lipinski definition) is 5. The monoisotopic (exact) mass is 228 g/mol. The summed E-state index contributed by atoms with van der Waals surface area (Å²) < 4.78 is 6.67. The van der Waals surface area contributed by atoms with Crippen molar-refractivity contribution < 1.29 is 14.6 Å². The molecule has 0 aliphatic carbocycles. The van der Waals surface area contributed by atoms with E-state index in [0.717, 1.165) is 18.7 Å². The zero-order chi connectivity index (χ0) is 12.0. The molecule has 0 aliphatic rings. The lowest BCUT2D eigenvalue weighted by Gasteiger charge is -2.13. The van der Waals surface area contributed by atoms with Crippen LogP contribution < -0.4 is 0 Å². The molecule has 1 atom stereocenters. The SMILES string of the molecule is CCCc1nnnn1CC(CC(=O)O)OC. The number of tetrazole rings is 1. The molecule has 1 aromatic rings. The van der Waals surface area contributed by atoms with Gasteiger partial charge >= 0.3 is 5.97 Å². The van der Waals surface area contributed by atoms with Crippen LogP contribution in [-0.2, 0) is 22.5 Å². The number of carboxylic acid groups (broad SMARTS) is 1. The topological polar surface area (TPSA) is 90.1 Å². The predicted octanol–water partition coefficient (Wildman–Crippen LogP) is 0.115. The van der Waals surface area contributed by atoms with Crippen LogP contribution in [0.3, 0.4) is 0 Å². The number of ether oxygens (including phenoxy) is 1. The van der Waals surface area contributed by atoms with Gasteiger partial charge in [-0.15, -0.1) is 5.10 Å². The zero-order valence-corrected chi connectivity index (χ0v) is 9.46. The minimum atomic E-state index is -0.892. The smallest absolute Gasteiger partial charge is 0.306 e. The van der Waals surface area contributed by atoms with Crippen molar-refractivity contribution >= 4 is 5.97 Å². The molecule has 0 saturated heterocycles. The van der Waals surface area contributed by atoms with Gasteiger partial charge in [0, 0.05) is 13.5 Å². The van der Waals surface area contributed by atoms with Crippen molar-refractivity contribution in [2.45, 2.75) is 38.8 Å². The Bertz CT molecular complexity index is 339. The number of aliphatic carboxylic acids is 1. The molecule has 1 aromatic heterocycles. The standard InChI is InChI=1S/C9H16N4O3/c1-3-4-8-10-11-12-13(8)6-7(16-2)5-9(14)15/h7H,3-6H2,1-2H3,(H,14,15). The van der Waals surface area contributed by atoms with Crippen LogP contribution in [-0.4, -0.2) is 44.5 Å². The number of aryl methyl sites for hydroxylation is 1. The molecule has 7 heteroatoms. The summed E-state index contributed by atoms with van der Waals surface area (Å²) in [6, 6.07) is 0. The summed E-state index contributed by atoms with van der Waals surface area (Å²) in [5.74, 6) is -0.132. The van der Waals surface area contributed by atoms with Gasteiger partial charge in [0.15, 0.2) is 5.82 Å². The van der Waals surface area contributed by atoms with Gasteiger partial charge in [0.2, 0.25) is 0 Å². The summed E-state index contributed by atoms with van der Waals surface area (Å²) in [5.41, 5.74) is 0. The maximum Gasteiger partial charge on any atom is 0.306 e. The molecule has 1 rings (SSSR count). The molecule has 7 nitrogen and oxygen atoms in total. The number of methoxy groups -OCH3 is 1. The second-order valence-corrected chi connectivity index (χ2v) is 3.48. The lowest BCUT2D eigenvalue weighted by atomic mass is 10.2. The molecule has 0 radical (unpaired) electrons. The normalized spacial score (nSPS) is 12.6. The van der Waals surface area contributed by atoms with E-state index in [2.05, 4.69) is 15.5 Å². The molecule has 0 bridgehead atoms. The number of rotatable bonds is 7. The number of carboxylic acids is 1. The number of hydrogen-bond donors (Lipinski definition) is 1. The van der Waals surface area contributed by atoms with Gasteiger partial charge in [-0.25, -0.2) is 4.68 Å². The fourth-order valence-electron chi connectivity index (χ4n) is 1.38. The Hall–Kier alpha value is -1.50. The summed E-state index contributed by atoms with van der Waals surface area (Å²) in [5, 5.41) is 19.9. The van der Waals surface area contributed by atoms with Crippen molar-refractivity contribution in [2.75, 3.05) is 7.11 Å². The number of carbonyl (C=O) groups is 1. The Morgan fingerprint density at radius 1 is 1.62 bits per heavy atom. The van der Waals surface area contributed by atoms with Gasteiger partial charge in [-0.05, 0) is 16.8 Å². The maximum atomic E-state index is 10.6. The van der Waals surface area contributed by atoms with E-state index in [1.165, 1.54) is 7.11 Å². The molecule has 0 fully saturated rings. The van der Waals surface area contributed by atoms with E-state index in [-0.39, 0.29) is 6.42 Å². The zero-order valence-electron chi connectivity index (χ0n) is 9.46. The van der Waals surface area contributed by atoms with Crippen LogP contribution in [0.4, 0.5) is 0 Å². The van der Waals surface area contributed by atoms with E-state index in [4.69, 9.17) is 9.84 Å². The number of nitrogens with zero attached hydrogens (tertiary/aromatic N) is 4. The largest absolute Gasteiger partial charge is 0.481 e. The highest BCUT2D eigenvalue weighted by atomic mass is 16.5. The Labute approximate surface area is 93.4 Å². The first-order chi connectivity index (χ1) is 7.67. The summed E-state index contributed by atoms with van der Waals surface area (Å²) in [6.07, 6.45) is 1.26. The molecule has 0 aromatic carbocycles. The van der Waals surface area contributed by atoms with Crippen molar-refractivity contribution in [2.24, 2.45) is 0 Å². The summed E-state index contributed by atoms with van der Waals surface area (Å²) in [7, 11) is 1.48. The van der Waals surface area contributed by atoms with Crippen LogP contribution in [0.15, 0.2) is 0 Å². The van der Waals surface area contributed by atoms with Gasteiger partial charge < -0.3 is 9.84 Å². The van der Waals surface area contributed by atoms with Crippen LogP contribution in [0.5, 0.6) is 0 Å². The third-order valence-electron chi connectivity index (χ3n) is 2.19. The van der Waals surface area contributed by atoms with E-state index in [9.17, 15) is 4.79 Å². The van der Waals surface area contributed by atoms with Crippen molar-refractivity contribution in [3.63, 3.8) is 0 Å². The highest BCUT2D eigenvalue weighted by Crippen LogP contribution is 2.04. The minimum Gasteiger partial charge on any atom is -0.481 e. The summed E-state index contributed by atoms with van der Waals surface area (Å²) >= 11 is 0. The first-order valence-corrected chi connectivity index (χ1v) is 5.17. The second kappa shape index (κ2) is 6.16. The van der Waals surface area contributed by atoms with Crippen molar-refractivity contribution in [3.8, 4) is 0 Å². The molecule has 1 unspecified atom stereocenters. The van der Waals surface area contributed by atoms with Gasteiger partial charge in [0.1, 0.15) is 0 Å². The van der Waals surface area contributed by atoms with E-state index in [1.807, 2.05) is 6.92 Å². The lowest BCUT2D eigenvalue weighted by molar-refractivity contribution is -0.140. The van der Waals surface area contributed by atoms with Gasteiger partial charge in [0.05, 0.1) is 19.1 Å². The molecule has 1 N–H and O–H groups in total. The first kappa shape index (κ1) is 12.6. The molecule has 0 spiro atoms. The fourth-order valence-corrected chi connectivity index (χ4v) is 1.38. The first-order valence-electron chi connectivity index (χ1n) is 5.17. The average Bonchev–Trinajstić information content (AvgIpc) is 2.65. The van der Waals surface area contributed by atoms with E-state index in [1.54, 1.807) is 4.68 Å². The predicted molar refractivity (Wildman–Crippen MR) is 54.9 cm³/mol. The fraction of sp³-hybridized carbons (Fsp3) is 0.778. The molecule has 0 amide bonds. The van der Waals surface area contributed by atoms with Crippen molar-refractivity contribution in [3.05, 3.63) is 5.82 Å². The Kier molecular flexibility index (Phi) is 4.84. The van der Waals surface area contributed by atoms with Gasteiger partial charge in [-0.3, -0.25) is 4.79 Å². The molecule has 0 aliphatic heterocycles. The van der Waals surface area contributed by atoms with Gasteiger partial charge in [-0.2, -0.15) is 0 Å². The maximum absolute atomic E-state index is 10.6. The lowest BCUT2D eigenvalue weighted by Crippen LogP contribution is -2.24. The Morgan fingerprint density at radius 3 is 2.94 bits per heavy atom. The van der Waals surface area contributed by atoms with Crippen LogP contribution in [0.1, 0.15) is 25.6 Å². The van der Waals surface area contributed by atoms with E-state index in [0.29, 0.717) is 6.54 Å². The Morgan fingerprint density at radius 2 is 2.38 bits per heavy atom. The van der Waals surface area contributed by atoms with Crippen LogP contribution in [0, 0.1) is 0 Å². The molecule has 16 heavy (non-hydrogen) atoms. The molecular formula is C9H16N4O3. The third-order valence-corrected chi connectivity index (χ3v) is 2.19. The van der Waals surface area contributed by atoms with Crippen LogP contribution >= 0.6 is 0 Å². The average molecular weight is 228 g/mol. The van der Waals surface area contributed by atoms with Gasteiger partial charge in [-0.1, -0.05) is 6.92 Å². The Balaban J connectivity index is 2.62. The quantitative estimate of drug-likeness (QED) is 0.712. The van der Waals surface area contributed by atoms with Crippen molar-refractivity contribution in [1.82, 2.24) is 20.2 Å². The second-order valence-electron chi connectivity index (χ2n) is 3.48. The highest BCUT2D eigenvalue weighted by molar-refractivity contribution is 5.67. The third kappa shape index (κ3) is 3.58. The summed E-state index contributed by atoms with van der Waals surface area (Å²) in [4.78, 5) is 10.6. The van der Waals surface area contributed by atoms with Crippen molar-refractivity contribution in [1.29, 1.82) is 0 Å². The molecular weight excluding hydrogens is 212 g/mol. The highest BCUT2D eigenvalue weighted by Gasteiger charge is 2.15. The van der Waals surface area contributed by atoms with E-state index >= 15 is 0 Å². The molecule has 90 valence electrons. The van der Waals surface area contributed by atoms with E-state index < -0.39 is 12.1 Å². The van der Waals surface area contributed by atoms with Crippen LogP contribution in [0.25, 0.3) is 0 Å². The molecule has 0 saturated carbocycles. The summed E-state index contributed by atoms with van der Waals surface area (Å²) in [6.45, 7) is 2.40. The molecule has 1 heterocycles. The number of aromatic nitrogens is 4. The van der Waals surface area contributed by atoms with Crippen LogP contribution in [0.2, 0.25) is 0 Å². The minimum absolute atomic E-state index is 0.0536.